The molecule has 0 saturated heterocycles. The quantitative estimate of drug-likeness (QED) is 0.417. The summed E-state index contributed by atoms with van der Waals surface area (Å²) in [5, 5.41) is 8.16. The van der Waals surface area contributed by atoms with Crippen LogP contribution < -0.4 is 5.73 Å². The van der Waals surface area contributed by atoms with Crippen molar-refractivity contribution in [3.05, 3.63) is 0 Å². The Morgan fingerprint density at radius 1 is 1.90 bits per heavy atom. The zero-order chi connectivity index (χ0) is 7.98. The number of hydrogen-bond donors (Lipinski definition) is 1. The normalized spacial score (nSPS) is 8.10. The highest BCUT2D eigenvalue weighted by atomic mass is 16.5. The van der Waals surface area contributed by atoms with E-state index < -0.39 is 6.09 Å². The SMILES string of the molecule is COC(=O)N(CN)CC#N. The van der Waals surface area contributed by atoms with Crippen LogP contribution in [0.5, 0.6) is 0 Å². The molecule has 0 saturated carbocycles. The number of nitrogens with two attached hydrogens (primary N) is 1. The van der Waals surface area contributed by atoms with Crippen molar-refractivity contribution in [2.24, 2.45) is 5.73 Å². The third-order valence-electron chi connectivity index (χ3n) is 0.915. The second-order valence-corrected chi connectivity index (χ2v) is 1.51. The third kappa shape index (κ3) is 2.33. The van der Waals surface area contributed by atoms with Crippen LogP contribution in [-0.4, -0.2) is 31.3 Å². The Labute approximate surface area is 59.0 Å². The van der Waals surface area contributed by atoms with E-state index >= 15 is 0 Å². The molecule has 1 amide bonds. The molecule has 0 bridgehead atoms. The molecule has 0 spiro atoms. The van der Waals surface area contributed by atoms with Crippen molar-refractivity contribution in [1.82, 2.24) is 4.90 Å². The highest BCUT2D eigenvalue weighted by Crippen LogP contribution is 1.87. The number of carbonyl (C=O) groups is 1. The molecule has 0 aromatic carbocycles. The lowest BCUT2D eigenvalue weighted by Gasteiger charge is -2.13. The number of nitrogens with zero attached hydrogens (tertiary/aromatic N) is 2. The van der Waals surface area contributed by atoms with Gasteiger partial charge in [0.15, 0.2) is 0 Å². The highest BCUT2D eigenvalue weighted by Gasteiger charge is 2.09. The van der Waals surface area contributed by atoms with Crippen molar-refractivity contribution < 1.29 is 9.53 Å². The van der Waals surface area contributed by atoms with Gasteiger partial charge in [-0.25, -0.2) is 4.79 Å². The van der Waals surface area contributed by atoms with Crippen LogP contribution in [0, 0.1) is 11.3 Å². The van der Waals surface area contributed by atoms with Gasteiger partial charge in [-0.3, -0.25) is 4.90 Å². The van der Waals surface area contributed by atoms with Gasteiger partial charge in [-0.05, 0) is 0 Å². The fourth-order valence-electron chi connectivity index (χ4n) is 0.418. The first-order valence-electron chi connectivity index (χ1n) is 2.66. The van der Waals surface area contributed by atoms with Gasteiger partial charge in [0.05, 0.1) is 19.8 Å². The molecule has 10 heavy (non-hydrogen) atoms. The van der Waals surface area contributed by atoms with E-state index in [1.165, 1.54) is 7.11 Å². The lowest BCUT2D eigenvalue weighted by Crippen LogP contribution is -2.36. The average molecular weight is 143 g/mol. The summed E-state index contributed by atoms with van der Waals surface area (Å²) in [6, 6.07) is 1.78. The number of hydrogen-bond acceptors (Lipinski definition) is 4. The lowest BCUT2D eigenvalue weighted by molar-refractivity contribution is 0.130. The number of carbonyl (C=O) groups excluding carboxylic acids is 1. The van der Waals surface area contributed by atoms with Crippen molar-refractivity contribution in [3.8, 4) is 6.07 Å². The van der Waals surface area contributed by atoms with Crippen LogP contribution in [0.4, 0.5) is 4.79 Å². The lowest BCUT2D eigenvalue weighted by atomic mass is 10.6. The zero-order valence-electron chi connectivity index (χ0n) is 5.70. The number of nitriles is 1. The van der Waals surface area contributed by atoms with E-state index in [2.05, 4.69) is 4.74 Å². The molecule has 0 aromatic heterocycles. The molecule has 0 heterocycles. The van der Waals surface area contributed by atoms with Crippen molar-refractivity contribution >= 4 is 6.09 Å². The summed E-state index contributed by atoms with van der Waals surface area (Å²) in [4.78, 5) is 11.7. The molecule has 0 aromatic rings. The molecule has 0 fully saturated rings. The smallest absolute Gasteiger partial charge is 0.411 e. The van der Waals surface area contributed by atoms with E-state index in [1.54, 1.807) is 6.07 Å². The molecule has 0 unspecified atom stereocenters. The largest absolute Gasteiger partial charge is 0.453 e. The van der Waals surface area contributed by atoms with Gasteiger partial charge in [-0.15, -0.1) is 0 Å². The molecule has 2 N–H and O–H groups in total. The maximum Gasteiger partial charge on any atom is 0.411 e. The van der Waals surface area contributed by atoms with E-state index in [1.807, 2.05) is 0 Å². The van der Waals surface area contributed by atoms with Crippen LogP contribution in [0.2, 0.25) is 0 Å². The Morgan fingerprint density at radius 3 is 2.80 bits per heavy atom. The van der Waals surface area contributed by atoms with Gasteiger partial charge < -0.3 is 10.5 Å². The van der Waals surface area contributed by atoms with Crippen LogP contribution in [0.1, 0.15) is 0 Å². The first-order valence-corrected chi connectivity index (χ1v) is 2.66. The van der Waals surface area contributed by atoms with Crippen molar-refractivity contribution in [2.45, 2.75) is 0 Å². The Kier molecular flexibility index (Phi) is 4.00. The zero-order valence-corrected chi connectivity index (χ0v) is 5.70. The van der Waals surface area contributed by atoms with E-state index in [9.17, 15) is 4.79 Å². The standard InChI is InChI=1S/C5H9N3O2/c1-10-5(9)8(4-7)3-2-6/h3-4,7H2,1H3. The predicted octanol–water partition coefficient (Wildman–Crippen LogP) is -0.505. The molecular formula is C5H9N3O2. The Morgan fingerprint density at radius 2 is 2.50 bits per heavy atom. The average Bonchev–Trinajstić information content (AvgIpc) is 1.99. The molecule has 0 radical (unpaired) electrons. The molecule has 5 nitrogen and oxygen atoms in total. The number of ether oxygens (including phenoxy) is 1. The fraction of sp³-hybridized carbons (Fsp3) is 0.600. The van der Waals surface area contributed by atoms with Crippen molar-refractivity contribution in [3.63, 3.8) is 0 Å². The van der Waals surface area contributed by atoms with Crippen LogP contribution in [0.15, 0.2) is 0 Å². The summed E-state index contributed by atoms with van der Waals surface area (Å²) < 4.78 is 4.31. The first kappa shape index (κ1) is 8.72. The topological polar surface area (TPSA) is 79.3 Å². The van der Waals surface area contributed by atoms with Gasteiger partial charge in [0.25, 0.3) is 0 Å². The minimum Gasteiger partial charge on any atom is -0.453 e. The minimum atomic E-state index is -0.580. The van der Waals surface area contributed by atoms with Gasteiger partial charge in [0, 0.05) is 0 Å². The predicted molar refractivity (Wildman–Crippen MR) is 33.8 cm³/mol. The van der Waals surface area contributed by atoms with E-state index in [4.69, 9.17) is 11.0 Å². The maximum atomic E-state index is 10.6. The minimum absolute atomic E-state index is 0.000231. The Hall–Kier alpha value is -1.28. The monoisotopic (exact) mass is 143 g/mol. The highest BCUT2D eigenvalue weighted by molar-refractivity contribution is 5.67. The van der Waals surface area contributed by atoms with Gasteiger partial charge in [0.2, 0.25) is 0 Å². The summed E-state index contributed by atoms with van der Waals surface area (Å²) in [5.74, 6) is 0. The number of amides is 1. The first-order chi connectivity index (χ1) is 4.76. The Balaban J connectivity index is 3.83. The van der Waals surface area contributed by atoms with Crippen molar-refractivity contribution in [1.29, 1.82) is 5.26 Å². The van der Waals surface area contributed by atoms with Gasteiger partial charge in [-0.2, -0.15) is 5.26 Å². The summed E-state index contributed by atoms with van der Waals surface area (Å²) in [5.41, 5.74) is 5.11. The fourth-order valence-corrected chi connectivity index (χ4v) is 0.418. The van der Waals surface area contributed by atoms with Gasteiger partial charge in [-0.1, -0.05) is 0 Å². The summed E-state index contributed by atoms with van der Waals surface area (Å²) in [6.07, 6.45) is -0.580. The second kappa shape index (κ2) is 4.58. The van der Waals surface area contributed by atoms with Crippen molar-refractivity contribution in [2.75, 3.05) is 20.3 Å². The van der Waals surface area contributed by atoms with E-state index in [0.29, 0.717) is 0 Å². The third-order valence-corrected chi connectivity index (χ3v) is 0.915. The van der Waals surface area contributed by atoms with Crippen LogP contribution in [-0.2, 0) is 4.74 Å². The number of methoxy groups -OCH3 is 1. The summed E-state index contributed by atoms with van der Waals surface area (Å²) in [6.45, 7) is -0.0383. The van der Waals surface area contributed by atoms with Crippen LogP contribution in [0.3, 0.4) is 0 Å². The summed E-state index contributed by atoms with van der Waals surface area (Å²) in [7, 11) is 1.24. The van der Waals surface area contributed by atoms with Crippen LogP contribution >= 0.6 is 0 Å². The molecule has 0 aliphatic rings. The van der Waals surface area contributed by atoms with E-state index in [0.717, 1.165) is 4.90 Å². The molecule has 56 valence electrons. The molecule has 0 aliphatic heterocycles. The molecule has 0 rings (SSSR count). The Bertz CT molecular complexity index is 151. The molecule has 0 atom stereocenters. The number of rotatable bonds is 2. The molecule has 0 aliphatic carbocycles. The molecular weight excluding hydrogens is 134 g/mol. The van der Waals surface area contributed by atoms with Gasteiger partial charge >= 0.3 is 6.09 Å². The maximum absolute atomic E-state index is 10.6. The van der Waals surface area contributed by atoms with Gasteiger partial charge in [0.1, 0.15) is 6.54 Å². The van der Waals surface area contributed by atoms with Crippen LogP contribution in [0.25, 0.3) is 0 Å². The van der Waals surface area contributed by atoms with E-state index in [-0.39, 0.29) is 13.2 Å². The second-order valence-electron chi connectivity index (χ2n) is 1.51. The molecule has 5 heteroatoms. The summed E-state index contributed by atoms with van der Waals surface area (Å²) >= 11 is 0.